The van der Waals surface area contributed by atoms with E-state index in [1.54, 1.807) is 0 Å². The monoisotopic (exact) mass is 478 g/mol. The number of anilines is 1. The highest BCUT2D eigenvalue weighted by Crippen LogP contribution is 2.44. The summed E-state index contributed by atoms with van der Waals surface area (Å²) in [6, 6.07) is 17.5. The standard InChI is InChI=1S/C25H26N4O6/c1-29-22(14-21(28-29)24(31)32)27-23(30)10-12-34-13-11-26-25(33)35-15-20-18-8-4-2-6-16(18)17-7-3-5-9-19(17)20/h2-9,14,20H,10-13,15H2,1H3,(H,26,33)(H,27,30)(H,31,32). The van der Waals surface area contributed by atoms with Gasteiger partial charge in [-0.05, 0) is 22.3 Å². The number of aromatic nitrogens is 2. The third-order valence-electron chi connectivity index (χ3n) is 5.70. The first kappa shape index (κ1) is 24.0. The van der Waals surface area contributed by atoms with Crippen molar-refractivity contribution >= 4 is 23.8 Å². The SMILES string of the molecule is Cn1nc(C(=O)O)cc1NC(=O)CCOCCNC(=O)OCC1c2ccccc2-c2ccccc21. The molecule has 0 fully saturated rings. The molecule has 4 rings (SSSR count). The van der Waals surface area contributed by atoms with E-state index in [-0.39, 0.29) is 56.1 Å². The number of nitrogens with one attached hydrogen (secondary N) is 2. The summed E-state index contributed by atoms with van der Waals surface area (Å²) < 4.78 is 12.1. The molecule has 1 heterocycles. The van der Waals surface area contributed by atoms with Crippen molar-refractivity contribution in [3.8, 4) is 11.1 Å². The number of carboxylic acid groups (broad SMARTS) is 1. The third kappa shape index (κ3) is 5.67. The number of hydrogen-bond acceptors (Lipinski definition) is 6. The lowest BCUT2D eigenvalue weighted by molar-refractivity contribution is -0.117. The van der Waals surface area contributed by atoms with Gasteiger partial charge in [-0.25, -0.2) is 9.59 Å². The Morgan fingerprint density at radius 1 is 1.03 bits per heavy atom. The zero-order valence-electron chi connectivity index (χ0n) is 19.2. The topological polar surface area (TPSA) is 132 Å². The second kappa shape index (κ2) is 10.8. The fourth-order valence-electron chi connectivity index (χ4n) is 4.04. The molecule has 35 heavy (non-hydrogen) atoms. The highest BCUT2D eigenvalue weighted by molar-refractivity contribution is 5.92. The zero-order valence-corrected chi connectivity index (χ0v) is 19.2. The molecular weight excluding hydrogens is 452 g/mol. The highest BCUT2D eigenvalue weighted by atomic mass is 16.5. The second-order valence-corrected chi connectivity index (χ2v) is 8.01. The summed E-state index contributed by atoms with van der Waals surface area (Å²) in [5, 5.41) is 18.0. The summed E-state index contributed by atoms with van der Waals surface area (Å²) in [4.78, 5) is 35.1. The number of hydrogen-bond donors (Lipinski definition) is 3. The van der Waals surface area contributed by atoms with Crippen LogP contribution < -0.4 is 10.6 Å². The summed E-state index contributed by atoms with van der Waals surface area (Å²) >= 11 is 0. The average molecular weight is 479 g/mol. The molecule has 0 aliphatic heterocycles. The maximum absolute atomic E-state index is 12.1. The van der Waals surface area contributed by atoms with Gasteiger partial charge in [-0.2, -0.15) is 5.10 Å². The number of amides is 2. The van der Waals surface area contributed by atoms with Crippen LogP contribution in [0.3, 0.4) is 0 Å². The number of fused-ring (bicyclic) bond motifs is 3. The molecule has 0 radical (unpaired) electrons. The largest absolute Gasteiger partial charge is 0.476 e. The van der Waals surface area contributed by atoms with Crippen molar-refractivity contribution in [3.63, 3.8) is 0 Å². The fraction of sp³-hybridized carbons (Fsp3) is 0.280. The van der Waals surface area contributed by atoms with Crippen molar-refractivity contribution in [2.75, 3.05) is 31.7 Å². The minimum Gasteiger partial charge on any atom is -0.476 e. The first-order valence-electron chi connectivity index (χ1n) is 11.2. The Labute approximate surface area is 201 Å². The van der Waals surface area contributed by atoms with E-state index in [9.17, 15) is 14.4 Å². The molecule has 2 amide bonds. The van der Waals surface area contributed by atoms with Crippen molar-refractivity contribution in [3.05, 3.63) is 71.4 Å². The summed E-state index contributed by atoms with van der Waals surface area (Å²) in [6.07, 6.45) is -0.461. The Balaban J connectivity index is 1.13. The van der Waals surface area contributed by atoms with E-state index in [0.29, 0.717) is 0 Å². The lowest BCUT2D eigenvalue weighted by Crippen LogP contribution is -2.29. The molecule has 10 heteroatoms. The average Bonchev–Trinajstić information content (AvgIpc) is 3.37. The maximum Gasteiger partial charge on any atom is 0.407 e. The number of carbonyl (C=O) groups is 3. The molecule has 0 saturated heterocycles. The van der Waals surface area contributed by atoms with E-state index in [4.69, 9.17) is 14.6 Å². The Kier molecular flexibility index (Phi) is 7.41. The van der Waals surface area contributed by atoms with Gasteiger partial charge in [0.1, 0.15) is 12.4 Å². The Morgan fingerprint density at radius 2 is 1.69 bits per heavy atom. The van der Waals surface area contributed by atoms with E-state index in [1.807, 2.05) is 24.3 Å². The minimum absolute atomic E-state index is 0.00563. The molecule has 1 aromatic heterocycles. The quantitative estimate of drug-likeness (QED) is 0.382. The van der Waals surface area contributed by atoms with Gasteiger partial charge in [0.05, 0.1) is 19.6 Å². The van der Waals surface area contributed by atoms with Crippen LogP contribution in [0.25, 0.3) is 11.1 Å². The van der Waals surface area contributed by atoms with Crippen molar-refractivity contribution in [2.24, 2.45) is 7.05 Å². The molecule has 0 saturated carbocycles. The smallest absolute Gasteiger partial charge is 0.407 e. The number of benzene rings is 2. The summed E-state index contributed by atoms with van der Waals surface area (Å²) in [6.45, 7) is 0.828. The summed E-state index contributed by atoms with van der Waals surface area (Å²) in [7, 11) is 1.54. The van der Waals surface area contributed by atoms with Gasteiger partial charge in [0.2, 0.25) is 5.91 Å². The molecular formula is C25H26N4O6. The van der Waals surface area contributed by atoms with Gasteiger partial charge in [-0.15, -0.1) is 0 Å². The van der Waals surface area contributed by atoms with Crippen LogP contribution in [-0.2, 0) is 21.3 Å². The van der Waals surface area contributed by atoms with Crippen molar-refractivity contribution < 1.29 is 29.0 Å². The minimum atomic E-state index is -1.17. The number of carbonyl (C=O) groups excluding carboxylic acids is 2. The van der Waals surface area contributed by atoms with Crippen LogP contribution in [0.2, 0.25) is 0 Å². The molecule has 2 aromatic carbocycles. The van der Waals surface area contributed by atoms with Crippen LogP contribution in [0.5, 0.6) is 0 Å². The molecule has 1 aliphatic rings. The predicted octanol–water partition coefficient (Wildman–Crippen LogP) is 3.00. The van der Waals surface area contributed by atoms with Gasteiger partial charge in [0, 0.05) is 25.6 Å². The normalized spacial score (nSPS) is 12.0. The van der Waals surface area contributed by atoms with Gasteiger partial charge in [-0.1, -0.05) is 48.5 Å². The van der Waals surface area contributed by atoms with E-state index >= 15 is 0 Å². The molecule has 182 valence electrons. The molecule has 0 unspecified atom stereocenters. The van der Waals surface area contributed by atoms with E-state index in [0.717, 1.165) is 11.1 Å². The number of aromatic carboxylic acids is 1. The van der Waals surface area contributed by atoms with Crippen molar-refractivity contribution in [1.29, 1.82) is 0 Å². The van der Waals surface area contributed by atoms with Crippen LogP contribution in [0.1, 0.15) is 34.0 Å². The molecule has 0 bridgehead atoms. The summed E-state index contributed by atoms with van der Waals surface area (Å²) in [5.74, 6) is -1.24. The highest BCUT2D eigenvalue weighted by Gasteiger charge is 2.28. The van der Waals surface area contributed by atoms with Gasteiger partial charge in [0.25, 0.3) is 0 Å². The van der Waals surface area contributed by atoms with E-state index in [2.05, 4.69) is 40.0 Å². The Hall–Kier alpha value is -4.18. The van der Waals surface area contributed by atoms with Gasteiger partial charge >= 0.3 is 12.1 Å². The first-order valence-corrected chi connectivity index (χ1v) is 11.2. The molecule has 3 aromatic rings. The number of rotatable bonds is 10. The number of carboxylic acids is 1. The molecule has 0 spiro atoms. The van der Waals surface area contributed by atoms with Gasteiger partial charge < -0.3 is 25.2 Å². The fourth-order valence-corrected chi connectivity index (χ4v) is 4.04. The van der Waals surface area contributed by atoms with Crippen LogP contribution in [0.15, 0.2) is 54.6 Å². The predicted molar refractivity (Wildman–Crippen MR) is 127 cm³/mol. The molecule has 3 N–H and O–H groups in total. The first-order chi connectivity index (χ1) is 16.9. The second-order valence-electron chi connectivity index (χ2n) is 8.01. The number of aryl methyl sites for hydroxylation is 1. The number of nitrogens with zero attached hydrogens (tertiary/aromatic N) is 2. The summed E-state index contributed by atoms with van der Waals surface area (Å²) in [5.41, 5.74) is 4.47. The molecule has 0 atom stereocenters. The van der Waals surface area contributed by atoms with E-state index in [1.165, 1.54) is 28.9 Å². The van der Waals surface area contributed by atoms with Crippen molar-refractivity contribution in [2.45, 2.75) is 12.3 Å². The number of ether oxygens (including phenoxy) is 2. The third-order valence-corrected chi connectivity index (χ3v) is 5.70. The maximum atomic E-state index is 12.1. The van der Waals surface area contributed by atoms with Crippen LogP contribution in [0, 0.1) is 0 Å². The zero-order chi connectivity index (χ0) is 24.8. The van der Waals surface area contributed by atoms with Crippen LogP contribution in [0.4, 0.5) is 10.6 Å². The van der Waals surface area contributed by atoms with Gasteiger partial charge in [-0.3, -0.25) is 9.48 Å². The Bertz CT molecular complexity index is 1190. The van der Waals surface area contributed by atoms with Gasteiger partial charge in [0.15, 0.2) is 5.69 Å². The van der Waals surface area contributed by atoms with Crippen LogP contribution >= 0.6 is 0 Å². The molecule has 1 aliphatic carbocycles. The number of alkyl carbamates (subject to hydrolysis) is 1. The lowest BCUT2D eigenvalue weighted by atomic mass is 9.98. The van der Waals surface area contributed by atoms with Crippen LogP contribution in [-0.4, -0.2) is 59.2 Å². The van der Waals surface area contributed by atoms with E-state index < -0.39 is 12.1 Å². The molecule has 10 nitrogen and oxygen atoms in total. The Morgan fingerprint density at radius 3 is 2.31 bits per heavy atom. The van der Waals surface area contributed by atoms with Crippen molar-refractivity contribution in [1.82, 2.24) is 15.1 Å². The lowest BCUT2D eigenvalue weighted by Gasteiger charge is -2.14.